The Morgan fingerprint density at radius 3 is 2.86 bits per heavy atom. The number of ether oxygens (including phenoxy) is 1. The second-order valence-corrected chi connectivity index (χ2v) is 4.97. The molecule has 0 bridgehead atoms. The predicted octanol–water partition coefficient (Wildman–Crippen LogP) is 3.52. The van der Waals surface area contributed by atoms with Crippen LogP contribution in [0.25, 0.3) is 11.0 Å². The number of aryl methyl sites for hydroxylation is 1. The van der Waals surface area contributed by atoms with Crippen LogP contribution in [-0.2, 0) is 0 Å². The van der Waals surface area contributed by atoms with E-state index in [4.69, 9.17) is 26.5 Å². The van der Waals surface area contributed by atoms with Gasteiger partial charge in [-0.3, -0.25) is 0 Å². The molecule has 106 valence electrons. The Kier molecular flexibility index (Phi) is 3.27. The zero-order valence-electron chi connectivity index (χ0n) is 11.1. The van der Waals surface area contributed by atoms with Crippen LogP contribution < -0.4 is 16.1 Å². The van der Waals surface area contributed by atoms with Gasteiger partial charge in [0.2, 0.25) is 5.88 Å². The fraction of sp³-hybridized carbons (Fsp3) is 0.0667. The number of nitrogen functional groups attached to an aromatic ring is 1. The SMILES string of the molecule is Cc1cc(=O)oc2cc(Oc3ncc(N)cc3Cl)ccc12. The molecule has 0 aliphatic rings. The van der Waals surface area contributed by atoms with Crippen molar-refractivity contribution in [3.63, 3.8) is 0 Å². The van der Waals surface area contributed by atoms with E-state index in [2.05, 4.69) is 4.98 Å². The average Bonchev–Trinajstić information content (AvgIpc) is 2.41. The molecule has 0 amide bonds. The van der Waals surface area contributed by atoms with Gasteiger partial charge in [-0.25, -0.2) is 9.78 Å². The molecule has 0 saturated heterocycles. The Morgan fingerprint density at radius 2 is 2.10 bits per heavy atom. The maximum absolute atomic E-state index is 11.4. The van der Waals surface area contributed by atoms with Crippen LogP contribution in [0.1, 0.15) is 5.56 Å². The lowest BCUT2D eigenvalue weighted by Crippen LogP contribution is -1.98. The predicted molar refractivity (Wildman–Crippen MR) is 81.0 cm³/mol. The highest BCUT2D eigenvalue weighted by Gasteiger charge is 2.08. The molecule has 0 unspecified atom stereocenters. The van der Waals surface area contributed by atoms with Crippen LogP contribution in [0.5, 0.6) is 11.6 Å². The maximum atomic E-state index is 11.4. The number of pyridine rings is 1. The molecule has 0 aliphatic carbocycles. The number of nitrogens with two attached hydrogens (primary N) is 1. The van der Waals surface area contributed by atoms with Gasteiger partial charge < -0.3 is 14.9 Å². The van der Waals surface area contributed by atoms with Crippen LogP contribution in [0.3, 0.4) is 0 Å². The smallest absolute Gasteiger partial charge is 0.336 e. The van der Waals surface area contributed by atoms with Crippen molar-refractivity contribution in [1.82, 2.24) is 4.98 Å². The van der Waals surface area contributed by atoms with E-state index in [1.54, 1.807) is 18.2 Å². The summed E-state index contributed by atoms with van der Waals surface area (Å²) in [7, 11) is 0. The van der Waals surface area contributed by atoms with Gasteiger partial charge in [0.25, 0.3) is 0 Å². The first-order chi connectivity index (χ1) is 10.0. The maximum Gasteiger partial charge on any atom is 0.336 e. The molecule has 1 aromatic carbocycles. The van der Waals surface area contributed by atoms with Crippen molar-refractivity contribution in [2.75, 3.05) is 5.73 Å². The Morgan fingerprint density at radius 1 is 1.29 bits per heavy atom. The summed E-state index contributed by atoms with van der Waals surface area (Å²) in [5.41, 5.74) is 6.92. The molecule has 2 N–H and O–H groups in total. The van der Waals surface area contributed by atoms with E-state index in [0.717, 1.165) is 10.9 Å². The quantitative estimate of drug-likeness (QED) is 0.733. The minimum absolute atomic E-state index is 0.236. The van der Waals surface area contributed by atoms with E-state index in [1.165, 1.54) is 12.3 Å². The van der Waals surface area contributed by atoms with Crippen LogP contribution in [0.2, 0.25) is 5.02 Å². The van der Waals surface area contributed by atoms with Crippen LogP contribution >= 0.6 is 11.6 Å². The number of rotatable bonds is 2. The van der Waals surface area contributed by atoms with Gasteiger partial charge in [-0.2, -0.15) is 0 Å². The van der Waals surface area contributed by atoms with Crippen molar-refractivity contribution in [1.29, 1.82) is 0 Å². The Labute approximate surface area is 124 Å². The summed E-state index contributed by atoms with van der Waals surface area (Å²) in [6, 6.07) is 8.19. The number of hydrogen-bond donors (Lipinski definition) is 1. The second kappa shape index (κ2) is 5.10. The van der Waals surface area contributed by atoms with Gasteiger partial charge in [0.05, 0.1) is 11.9 Å². The van der Waals surface area contributed by atoms with Crippen molar-refractivity contribution in [2.24, 2.45) is 0 Å². The Bertz CT molecular complexity index is 890. The van der Waals surface area contributed by atoms with E-state index in [0.29, 0.717) is 22.0 Å². The van der Waals surface area contributed by atoms with Crippen LogP contribution in [-0.4, -0.2) is 4.98 Å². The summed E-state index contributed by atoms with van der Waals surface area (Å²) < 4.78 is 10.8. The molecule has 2 aromatic heterocycles. The number of nitrogens with zero attached hydrogens (tertiary/aromatic N) is 1. The third-order valence-electron chi connectivity index (χ3n) is 2.97. The fourth-order valence-corrected chi connectivity index (χ4v) is 2.21. The van der Waals surface area contributed by atoms with Gasteiger partial charge in [0.1, 0.15) is 16.4 Å². The average molecular weight is 303 g/mol. The summed E-state index contributed by atoms with van der Waals surface area (Å²) in [6.07, 6.45) is 1.45. The van der Waals surface area contributed by atoms with Gasteiger partial charge in [-0.05, 0) is 30.7 Å². The van der Waals surface area contributed by atoms with Gasteiger partial charge >= 0.3 is 5.63 Å². The number of fused-ring (bicyclic) bond motifs is 1. The Hall–Kier alpha value is -2.53. The molecule has 2 heterocycles. The molecule has 5 nitrogen and oxygen atoms in total. The first kappa shape index (κ1) is 13.5. The molecule has 3 rings (SSSR count). The zero-order chi connectivity index (χ0) is 15.0. The van der Waals surface area contributed by atoms with Gasteiger partial charge in [-0.1, -0.05) is 11.6 Å². The second-order valence-electron chi connectivity index (χ2n) is 4.56. The monoisotopic (exact) mass is 302 g/mol. The van der Waals surface area contributed by atoms with Gasteiger partial charge in [0.15, 0.2) is 0 Å². The number of hydrogen-bond acceptors (Lipinski definition) is 5. The Balaban J connectivity index is 2.03. The summed E-state index contributed by atoms with van der Waals surface area (Å²) in [5, 5.41) is 1.15. The lowest BCUT2D eigenvalue weighted by molar-refractivity contribution is 0.462. The van der Waals surface area contributed by atoms with Crippen molar-refractivity contribution >= 4 is 28.3 Å². The van der Waals surface area contributed by atoms with E-state index < -0.39 is 5.63 Å². The molecular formula is C15H11ClN2O3. The third-order valence-corrected chi connectivity index (χ3v) is 3.24. The van der Waals surface area contributed by atoms with Crippen molar-refractivity contribution in [3.05, 3.63) is 57.5 Å². The summed E-state index contributed by atoms with van der Waals surface area (Å²) in [5.74, 6) is 0.704. The molecular weight excluding hydrogens is 292 g/mol. The first-order valence-corrected chi connectivity index (χ1v) is 6.54. The highest BCUT2D eigenvalue weighted by Crippen LogP contribution is 2.30. The lowest BCUT2D eigenvalue weighted by Gasteiger charge is -2.08. The third kappa shape index (κ3) is 2.68. The highest BCUT2D eigenvalue weighted by molar-refractivity contribution is 6.32. The minimum atomic E-state index is -0.402. The molecule has 21 heavy (non-hydrogen) atoms. The van der Waals surface area contributed by atoms with E-state index >= 15 is 0 Å². The van der Waals surface area contributed by atoms with Gasteiger partial charge in [-0.15, -0.1) is 0 Å². The largest absolute Gasteiger partial charge is 0.437 e. The molecule has 0 aliphatic heterocycles. The van der Waals surface area contributed by atoms with Crippen molar-refractivity contribution in [3.8, 4) is 11.6 Å². The van der Waals surface area contributed by atoms with Crippen LogP contribution in [0.15, 0.2) is 45.7 Å². The molecule has 0 spiro atoms. The molecule has 0 fully saturated rings. The topological polar surface area (TPSA) is 78.3 Å². The highest BCUT2D eigenvalue weighted by atomic mass is 35.5. The normalized spacial score (nSPS) is 10.8. The number of anilines is 1. The molecule has 0 radical (unpaired) electrons. The number of aromatic nitrogens is 1. The van der Waals surface area contributed by atoms with Crippen LogP contribution in [0, 0.1) is 6.92 Å². The standard InChI is InChI=1S/C15H11ClN2O3/c1-8-4-14(19)21-13-6-10(2-3-11(8)13)20-15-12(16)5-9(17)7-18-15/h2-7H,17H2,1H3. The van der Waals surface area contributed by atoms with E-state index in [9.17, 15) is 4.79 Å². The lowest BCUT2D eigenvalue weighted by atomic mass is 10.1. The molecule has 3 aromatic rings. The van der Waals surface area contributed by atoms with E-state index in [-0.39, 0.29) is 5.88 Å². The van der Waals surface area contributed by atoms with Crippen molar-refractivity contribution < 1.29 is 9.15 Å². The minimum Gasteiger partial charge on any atom is -0.437 e. The van der Waals surface area contributed by atoms with Crippen LogP contribution in [0.4, 0.5) is 5.69 Å². The molecule has 0 saturated carbocycles. The van der Waals surface area contributed by atoms with Gasteiger partial charge in [0, 0.05) is 17.5 Å². The molecule has 0 atom stereocenters. The van der Waals surface area contributed by atoms with E-state index in [1.807, 2.05) is 13.0 Å². The first-order valence-electron chi connectivity index (χ1n) is 6.16. The zero-order valence-corrected chi connectivity index (χ0v) is 11.8. The summed E-state index contributed by atoms with van der Waals surface area (Å²) in [6.45, 7) is 1.85. The fourth-order valence-electron chi connectivity index (χ4n) is 2.00. The summed E-state index contributed by atoms with van der Waals surface area (Å²) in [4.78, 5) is 15.4. The number of benzene rings is 1. The number of halogens is 1. The molecule has 6 heteroatoms. The summed E-state index contributed by atoms with van der Waals surface area (Å²) >= 11 is 6.01. The van der Waals surface area contributed by atoms with Crippen molar-refractivity contribution in [2.45, 2.75) is 6.92 Å².